The molecular formula is C19H20N6O3. The minimum absolute atomic E-state index is 0.113. The number of hydrogen-bond acceptors (Lipinski definition) is 6. The molecule has 5 heterocycles. The van der Waals surface area contributed by atoms with Crippen LogP contribution in [0.3, 0.4) is 0 Å². The van der Waals surface area contributed by atoms with Crippen LogP contribution >= 0.6 is 0 Å². The van der Waals surface area contributed by atoms with Crippen molar-refractivity contribution in [3.63, 3.8) is 0 Å². The number of hydrogen-bond donors (Lipinski definition) is 2. The molecule has 2 N–H and O–H groups in total. The van der Waals surface area contributed by atoms with Crippen LogP contribution in [0.15, 0.2) is 29.2 Å². The van der Waals surface area contributed by atoms with Crippen LogP contribution in [0.1, 0.15) is 37.6 Å². The normalized spacial score (nSPS) is 20.3. The SMILES string of the molecule is C[C@H]1CCN2c3nc(ccc3C(=O)NC2(C)C)-n2c(=O)[nH]c3nccc(c32)O1. The van der Waals surface area contributed by atoms with Crippen LogP contribution in [0.4, 0.5) is 5.82 Å². The van der Waals surface area contributed by atoms with Gasteiger partial charge >= 0.3 is 5.69 Å². The second kappa shape index (κ2) is 5.57. The van der Waals surface area contributed by atoms with E-state index in [2.05, 4.69) is 20.2 Å². The summed E-state index contributed by atoms with van der Waals surface area (Å²) in [6.07, 6.45) is 2.21. The van der Waals surface area contributed by atoms with Crippen molar-refractivity contribution < 1.29 is 9.53 Å². The minimum Gasteiger partial charge on any atom is -0.488 e. The largest absolute Gasteiger partial charge is 0.488 e. The highest BCUT2D eigenvalue weighted by atomic mass is 16.5. The first kappa shape index (κ1) is 16.8. The molecule has 0 spiro atoms. The third kappa shape index (κ3) is 2.32. The average molecular weight is 380 g/mol. The number of aromatic nitrogens is 4. The van der Waals surface area contributed by atoms with E-state index in [1.807, 2.05) is 20.8 Å². The van der Waals surface area contributed by atoms with E-state index in [4.69, 9.17) is 9.72 Å². The molecule has 2 bridgehead atoms. The number of ether oxygens (including phenoxy) is 1. The summed E-state index contributed by atoms with van der Waals surface area (Å²) in [4.78, 5) is 39.1. The molecule has 28 heavy (non-hydrogen) atoms. The Balaban J connectivity index is 1.85. The summed E-state index contributed by atoms with van der Waals surface area (Å²) in [7, 11) is 0. The fraction of sp³-hybridized carbons (Fsp3) is 0.368. The van der Waals surface area contributed by atoms with Crippen LogP contribution < -0.4 is 20.6 Å². The Bertz CT molecular complexity index is 1180. The summed E-state index contributed by atoms with van der Waals surface area (Å²) >= 11 is 0. The van der Waals surface area contributed by atoms with Gasteiger partial charge in [0.15, 0.2) is 5.65 Å². The van der Waals surface area contributed by atoms with Gasteiger partial charge in [-0.3, -0.25) is 9.78 Å². The molecule has 0 saturated heterocycles. The first-order valence-corrected chi connectivity index (χ1v) is 9.23. The Kier molecular flexibility index (Phi) is 3.34. The lowest BCUT2D eigenvalue weighted by molar-refractivity contribution is 0.0895. The van der Waals surface area contributed by atoms with Crippen LogP contribution in [-0.4, -0.2) is 43.7 Å². The van der Waals surface area contributed by atoms with Crippen molar-refractivity contribution in [3.05, 3.63) is 40.4 Å². The van der Waals surface area contributed by atoms with E-state index in [1.165, 1.54) is 4.57 Å². The van der Waals surface area contributed by atoms with Gasteiger partial charge in [-0.25, -0.2) is 19.3 Å². The molecule has 9 heteroatoms. The van der Waals surface area contributed by atoms with Gasteiger partial charge in [0.05, 0.1) is 11.7 Å². The lowest BCUT2D eigenvalue weighted by Gasteiger charge is -2.44. The molecule has 0 radical (unpaired) electrons. The molecule has 3 aromatic heterocycles. The van der Waals surface area contributed by atoms with Crippen LogP contribution in [0.25, 0.3) is 17.0 Å². The Morgan fingerprint density at radius 1 is 1.25 bits per heavy atom. The lowest BCUT2D eigenvalue weighted by Crippen LogP contribution is -2.61. The molecule has 2 aliphatic rings. The third-order valence-corrected chi connectivity index (χ3v) is 5.31. The maximum absolute atomic E-state index is 12.7. The number of carbonyl (C=O) groups is 1. The number of amides is 1. The molecule has 1 atom stereocenters. The van der Waals surface area contributed by atoms with Crippen LogP contribution in [-0.2, 0) is 0 Å². The van der Waals surface area contributed by atoms with Crippen molar-refractivity contribution in [1.29, 1.82) is 0 Å². The Labute approximate surface area is 160 Å². The molecular weight excluding hydrogens is 360 g/mol. The van der Waals surface area contributed by atoms with Crippen LogP contribution in [0, 0.1) is 0 Å². The fourth-order valence-corrected chi connectivity index (χ4v) is 3.91. The number of H-pyrrole nitrogens is 1. The molecule has 9 nitrogen and oxygen atoms in total. The number of rotatable bonds is 0. The van der Waals surface area contributed by atoms with Crippen molar-refractivity contribution in [2.24, 2.45) is 0 Å². The van der Waals surface area contributed by atoms with Gasteiger partial charge in [0, 0.05) is 25.2 Å². The number of pyridine rings is 2. The molecule has 1 amide bonds. The molecule has 0 fully saturated rings. The number of nitrogens with one attached hydrogen (secondary N) is 2. The molecule has 0 aromatic carbocycles. The average Bonchev–Trinajstić information content (AvgIpc) is 2.96. The first-order chi connectivity index (χ1) is 13.3. The van der Waals surface area contributed by atoms with E-state index in [1.54, 1.807) is 24.4 Å². The van der Waals surface area contributed by atoms with E-state index in [-0.39, 0.29) is 17.7 Å². The van der Waals surface area contributed by atoms with Crippen molar-refractivity contribution in [1.82, 2.24) is 24.8 Å². The van der Waals surface area contributed by atoms with Crippen molar-refractivity contribution in [2.45, 2.75) is 39.0 Å². The maximum atomic E-state index is 12.7. The summed E-state index contributed by atoms with van der Waals surface area (Å²) in [5.41, 5.74) is 0.491. The molecule has 3 aromatic rings. The highest BCUT2D eigenvalue weighted by molar-refractivity contribution is 6.01. The highest BCUT2D eigenvalue weighted by Gasteiger charge is 2.38. The Morgan fingerprint density at radius 3 is 2.89 bits per heavy atom. The first-order valence-electron chi connectivity index (χ1n) is 9.23. The van der Waals surface area contributed by atoms with E-state index in [0.717, 1.165) is 0 Å². The standard InChI is InChI=1S/C19H20N6O3/c1-10-7-9-24-16-11(17(26)23-19(24,2)3)4-5-13(21-16)25-14-12(28-10)6-8-20-15(14)22-18(25)27/h4-6,8,10H,7,9H2,1-3H3,(H,23,26)(H,20,22,27)/t10-/m0/s1. The zero-order chi connectivity index (χ0) is 19.6. The predicted octanol–water partition coefficient (Wildman–Crippen LogP) is 1.57. The van der Waals surface area contributed by atoms with E-state index in [9.17, 15) is 9.59 Å². The van der Waals surface area contributed by atoms with Gasteiger partial charge in [0.25, 0.3) is 5.91 Å². The van der Waals surface area contributed by atoms with Gasteiger partial charge in [0.1, 0.15) is 28.6 Å². The Morgan fingerprint density at radius 2 is 2.07 bits per heavy atom. The van der Waals surface area contributed by atoms with Crippen LogP contribution in [0.5, 0.6) is 5.75 Å². The summed E-state index contributed by atoms with van der Waals surface area (Å²) < 4.78 is 7.61. The summed E-state index contributed by atoms with van der Waals surface area (Å²) in [6.45, 7) is 6.50. The topological polar surface area (TPSA) is 105 Å². The Hall–Kier alpha value is -3.36. The van der Waals surface area contributed by atoms with Crippen molar-refractivity contribution >= 4 is 22.9 Å². The van der Waals surface area contributed by atoms with E-state index >= 15 is 0 Å². The predicted molar refractivity (Wildman–Crippen MR) is 103 cm³/mol. The maximum Gasteiger partial charge on any atom is 0.333 e. The smallest absolute Gasteiger partial charge is 0.333 e. The highest BCUT2D eigenvalue weighted by Crippen LogP contribution is 2.33. The second-order valence-electron chi connectivity index (χ2n) is 7.69. The van der Waals surface area contributed by atoms with Gasteiger partial charge in [-0.05, 0) is 32.9 Å². The quantitative estimate of drug-likeness (QED) is 0.613. The van der Waals surface area contributed by atoms with Gasteiger partial charge in [-0.15, -0.1) is 0 Å². The number of imidazole rings is 1. The minimum atomic E-state index is -0.615. The van der Waals surface area contributed by atoms with Gasteiger partial charge in [-0.2, -0.15) is 0 Å². The molecule has 0 saturated carbocycles. The van der Waals surface area contributed by atoms with Gasteiger partial charge in [-0.1, -0.05) is 0 Å². The molecule has 2 aliphatic heterocycles. The summed E-state index contributed by atoms with van der Waals surface area (Å²) in [5.74, 6) is 1.37. The zero-order valence-electron chi connectivity index (χ0n) is 15.8. The molecule has 5 rings (SSSR count). The lowest BCUT2D eigenvalue weighted by atomic mass is 10.0. The number of anilines is 1. The second-order valence-corrected chi connectivity index (χ2v) is 7.69. The zero-order valence-corrected chi connectivity index (χ0v) is 15.8. The molecule has 0 unspecified atom stereocenters. The molecule has 144 valence electrons. The van der Waals surface area contributed by atoms with E-state index in [0.29, 0.717) is 47.1 Å². The van der Waals surface area contributed by atoms with E-state index < -0.39 is 5.66 Å². The monoisotopic (exact) mass is 380 g/mol. The van der Waals surface area contributed by atoms with Crippen molar-refractivity contribution in [2.75, 3.05) is 11.4 Å². The number of fused-ring (bicyclic) bond motifs is 2. The summed E-state index contributed by atoms with van der Waals surface area (Å²) in [5, 5.41) is 3.02. The van der Waals surface area contributed by atoms with Crippen LogP contribution in [0.2, 0.25) is 0 Å². The number of nitrogens with zero attached hydrogens (tertiary/aromatic N) is 4. The van der Waals surface area contributed by atoms with Crippen molar-refractivity contribution in [3.8, 4) is 11.6 Å². The third-order valence-electron chi connectivity index (χ3n) is 5.31. The fourth-order valence-electron chi connectivity index (χ4n) is 3.91. The van der Waals surface area contributed by atoms with Gasteiger partial charge < -0.3 is 15.0 Å². The molecule has 0 aliphatic carbocycles. The van der Waals surface area contributed by atoms with Gasteiger partial charge in [0.2, 0.25) is 0 Å². The number of carbonyl (C=O) groups excluding carboxylic acids is 1. The number of aromatic amines is 1. The summed E-state index contributed by atoms with van der Waals surface area (Å²) in [6, 6.07) is 5.13.